The molecule has 3 rings (SSSR count). The van der Waals surface area contributed by atoms with Crippen molar-refractivity contribution < 1.29 is 4.79 Å². The second kappa shape index (κ2) is 6.51. The van der Waals surface area contributed by atoms with Crippen LogP contribution in [0, 0.1) is 5.92 Å². The number of hydrogen-bond donors (Lipinski definition) is 1. The van der Waals surface area contributed by atoms with Crippen LogP contribution in [-0.4, -0.2) is 34.7 Å². The highest BCUT2D eigenvalue weighted by molar-refractivity contribution is 5.93. The van der Waals surface area contributed by atoms with Gasteiger partial charge in [-0.15, -0.1) is 10.2 Å². The quantitative estimate of drug-likeness (QED) is 0.881. The summed E-state index contributed by atoms with van der Waals surface area (Å²) in [6.07, 6.45) is 6.48. The molecule has 1 fully saturated rings. The van der Waals surface area contributed by atoms with Crippen molar-refractivity contribution in [3.05, 3.63) is 42.2 Å². The van der Waals surface area contributed by atoms with Crippen LogP contribution in [0.15, 0.2) is 36.7 Å². The summed E-state index contributed by atoms with van der Waals surface area (Å²) in [6, 6.07) is 7.69. The minimum absolute atomic E-state index is 0.0492. The van der Waals surface area contributed by atoms with Gasteiger partial charge in [-0.2, -0.15) is 0 Å². The van der Waals surface area contributed by atoms with Crippen LogP contribution in [-0.2, 0) is 11.2 Å². The smallest absolute Gasteiger partial charge is 0.228 e. The fraction of sp³-hybridized carbons (Fsp3) is 0.375. The highest BCUT2D eigenvalue weighted by atomic mass is 16.2. The summed E-state index contributed by atoms with van der Waals surface area (Å²) in [7, 11) is 1.98. The van der Waals surface area contributed by atoms with E-state index in [1.54, 1.807) is 18.5 Å². The van der Waals surface area contributed by atoms with Gasteiger partial charge in [0.15, 0.2) is 11.6 Å². The van der Waals surface area contributed by atoms with Crippen LogP contribution in [0.3, 0.4) is 0 Å². The molecule has 0 unspecified atom stereocenters. The van der Waals surface area contributed by atoms with Crippen molar-refractivity contribution >= 4 is 17.5 Å². The lowest BCUT2D eigenvalue weighted by Gasteiger charge is -2.17. The zero-order valence-electron chi connectivity index (χ0n) is 12.6. The minimum Gasteiger partial charge on any atom is -0.358 e. The summed E-state index contributed by atoms with van der Waals surface area (Å²) in [5, 5.41) is 11.0. The first-order valence-electron chi connectivity index (χ1n) is 7.47. The average molecular weight is 297 g/mol. The number of nitrogens with one attached hydrogen (secondary N) is 1. The fourth-order valence-corrected chi connectivity index (χ4v) is 2.13. The maximum absolute atomic E-state index is 11.7. The predicted molar refractivity (Wildman–Crippen MR) is 84.6 cm³/mol. The highest BCUT2D eigenvalue weighted by Gasteiger charge is 2.29. The largest absolute Gasteiger partial charge is 0.358 e. The number of amides is 1. The van der Waals surface area contributed by atoms with Crippen LogP contribution in [0.1, 0.15) is 18.4 Å². The van der Waals surface area contributed by atoms with E-state index in [0.29, 0.717) is 5.82 Å². The summed E-state index contributed by atoms with van der Waals surface area (Å²) in [5.74, 6) is 1.53. The average Bonchev–Trinajstić information content (AvgIpc) is 3.39. The second-order valence-corrected chi connectivity index (χ2v) is 5.57. The molecule has 0 aliphatic heterocycles. The van der Waals surface area contributed by atoms with Gasteiger partial charge in [0, 0.05) is 31.9 Å². The van der Waals surface area contributed by atoms with Gasteiger partial charge in [-0.3, -0.25) is 9.78 Å². The van der Waals surface area contributed by atoms with Crippen LogP contribution < -0.4 is 10.2 Å². The van der Waals surface area contributed by atoms with Crippen LogP contribution in [0.4, 0.5) is 11.6 Å². The summed E-state index contributed by atoms with van der Waals surface area (Å²) < 4.78 is 0. The number of carbonyl (C=O) groups is 1. The van der Waals surface area contributed by atoms with Crippen molar-refractivity contribution in [1.82, 2.24) is 15.2 Å². The van der Waals surface area contributed by atoms with Crippen LogP contribution in [0.25, 0.3) is 0 Å². The molecule has 1 N–H and O–H groups in total. The number of nitrogens with zero attached hydrogens (tertiary/aromatic N) is 4. The molecular weight excluding hydrogens is 278 g/mol. The SMILES string of the molecule is CN(CCc1ccncc1)c1ccc(NC(=O)C2CC2)nn1. The molecule has 6 heteroatoms. The molecule has 22 heavy (non-hydrogen) atoms. The van der Waals surface area contributed by atoms with Gasteiger partial charge in [0.05, 0.1) is 0 Å². The summed E-state index contributed by atoms with van der Waals surface area (Å²) in [4.78, 5) is 17.7. The number of hydrogen-bond acceptors (Lipinski definition) is 5. The molecule has 0 atom stereocenters. The maximum atomic E-state index is 11.7. The van der Waals surface area contributed by atoms with Crippen molar-refractivity contribution in [3.8, 4) is 0 Å². The van der Waals surface area contributed by atoms with Gasteiger partial charge in [-0.1, -0.05) is 0 Å². The minimum atomic E-state index is 0.0492. The molecule has 2 aromatic heterocycles. The second-order valence-electron chi connectivity index (χ2n) is 5.57. The Balaban J connectivity index is 1.53. The molecule has 114 valence electrons. The highest BCUT2D eigenvalue weighted by Crippen LogP contribution is 2.29. The Labute approximate surface area is 129 Å². The van der Waals surface area contributed by atoms with Gasteiger partial charge >= 0.3 is 0 Å². The van der Waals surface area contributed by atoms with E-state index >= 15 is 0 Å². The van der Waals surface area contributed by atoms with E-state index < -0.39 is 0 Å². The van der Waals surface area contributed by atoms with Gasteiger partial charge in [-0.25, -0.2) is 0 Å². The van der Waals surface area contributed by atoms with E-state index in [1.165, 1.54) is 5.56 Å². The molecule has 0 saturated heterocycles. The molecule has 1 aliphatic rings. The topological polar surface area (TPSA) is 71.0 Å². The first-order chi connectivity index (χ1) is 10.7. The van der Waals surface area contributed by atoms with Gasteiger partial charge in [0.1, 0.15) is 0 Å². The van der Waals surface area contributed by atoms with Gasteiger partial charge < -0.3 is 10.2 Å². The van der Waals surface area contributed by atoms with Crippen molar-refractivity contribution in [3.63, 3.8) is 0 Å². The van der Waals surface area contributed by atoms with E-state index in [0.717, 1.165) is 31.6 Å². The van der Waals surface area contributed by atoms with Gasteiger partial charge in [0.25, 0.3) is 0 Å². The van der Waals surface area contributed by atoms with Crippen molar-refractivity contribution in [2.75, 3.05) is 23.8 Å². The zero-order valence-corrected chi connectivity index (χ0v) is 12.6. The molecule has 0 aromatic carbocycles. The van der Waals surface area contributed by atoms with E-state index in [2.05, 4.69) is 20.5 Å². The summed E-state index contributed by atoms with van der Waals surface area (Å²) >= 11 is 0. The van der Waals surface area contributed by atoms with E-state index in [4.69, 9.17) is 0 Å². The molecule has 0 bridgehead atoms. The third-order valence-corrected chi connectivity index (χ3v) is 3.73. The molecule has 2 heterocycles. The predicted octanol–water partition coefficient (Wildman–Crippen LogP) is 1.90. The third kappa shape index (κ3) is 3.78. The number of rotatable bonds is 6. The summed E-state index contributed by atoms with van der Waals surface area (Å²) in [6.45, 7) is 0.840. The third-order valence-electron chi connectivity index (χ3n) is 3.73. The Morgan fingerprint density at radius 2 is 2.00 bits per heavy atom. The molecule has 6 nitrogen and oxygen atoms in total. The first kappa shape index (κ1) is 14.4. The summed E-state index contributed by atoms with van der Waals surface area (Å²) in [5.41, 5.74) is 1.24. The Hall–Kier alpha value is -2.50. The Bertz CT molecular complexity index is 625. The Morgan fingerprint density at radius 1 is 1.23 bits per heavy atom. The number of aromatic nitrogens is 3. The van der Waals surface area contributed by atoms with Crippen LogP contribution >= 0.6 is 0 Å². The lowest BCUT2D eigenvalue weighted by atomic mass is 10.2. The fourth-order valence-electron chi connectivity index (χ4n) is 2.13. The number of anilines is 2. The molecule has 1 saturated carbocycles. The molecule has 0 spiro atoms. The van der Waals surface area contributed by atoms with Crippen molar-refractivity contribution in [2.24, 2.45) is 5.92 Å². The number of pyridine rings is 1. The van der Waals surface area contributed by atoms with Crippen LogP contribution in [0.5, 0.6) is 0 Å². The van der Waals surface area contributed by atoms with Gasteiger partial charge in [-0.05, 0) is 49.1 Å². The Kier molecular flexibility index (Phi) is 4.27. The van der Waals surface area contributed by atoms with E-state index in [1.807, 2.05) is 30.1 Å². The first-order valence-corrected chi connectivity index (χ1v) is 7.47. The molecule has 2 aromatic rings. The van der Waals surface area contributed by atoms with Crippen molar-refractivity contribution in [2.45, 2.75) is 19.3 Å². The molecule has 1 amide bonds. The molecule has 1 aliphatic carbocycles. The van der Waals surface area contributed by atoms with Crippen molar-refractivity contribution in [1.29, 1.82) is 0 Å². The lowest BCUT2D eigenvalue weighted by molar-refractivity contribution is -0.117. The Morgan fingerprint density at radius 3 is 2.64 bits per heavy atom. The normalized spacial score (nSPS) is 13.7. The van der Waals surface area contributed by atoms with E-state index in [-0.39, 0.29) is 11.8 Å². The zero-order chi connectivity index (χ0) is 15.4. The van der Waals surface area contributed by atoms with Gasteiger partial charge in [0.2, 0.25) is 5.91 Å². The lowest BCUT2D eigenvalue weighted by Crippen LogP contribution is -2.22. The molecule has 0 radical (unpaired) electrons. The monoisotopic (exact) mass is 297 g/mol. The molecular formula is C16H19N5O. The maximum Gasteiger partial charge on any atom is 0.228 e. The van der Waals surface area contributed by atoms with Crippen LogP contribution in [0.2, 0.25) is 0 Å². The van der Waals surface area contributed by atoms with E-state index in [9.17, 15) is 4.79 Å². The standard InChI is InChI=1S/C16H19N5O/c1-21(11-8-12-6-9-17-10-7-12)15-5-4-14(19-20-15)18-16(22)13-2-3-13/h4-7,9-10,13H,2-3,8,11H2,1H3,(H,18,19,22). The number of likely N-dealkylation sites (N-methyl/N-ethyl adjacent to an activating group) is 1. The number of carbonyl (C=O) groups excluding carboxylic acids is 1.